The SMILES string of the molecule is CC(C)(C)c1cc(-c2cc(-c3cccc(B(c4ccccn4)c4cc(-c5ccccc5)cc5ccoc45)c3)nc(-c3ccccc3O)c2)cc(C(C)(C)C)c1. The fraction of sp³-hybridized carbons (Fsp3) is 0.160. The number of rotatable bonds is 7. The van der Waals surface area contributed by atoms with Crippen molar-refractivity contribution in [2.45, 2.75) is 52.4 Å². The molecule has 5 heteroatoms. The molecule has 0 unspecified atom stereocenters. The van der Waals surface area contributed by atoms with E-state index in [9.17, 15) is 5.11 Å². The predicted octanol–water partition coefficient (Wildman–Crippen LogP) is 10.7. The van der Waals surface area contributed by atoms with Gasteiger partial charge < -0.3 is 9.52 Å². The number of para-hydroxylation sites is 1. The Hall–Kier alpha value is -6.20. The first-order valence-electron chi connectivity index (χ1n) is 19.0. The Morgan fingerprint density at radius 1 is 0.545 bits per heavy atom. The largest absolute Gasteiger partial charge is 0.507 e. The number of nitrogens with zero attached hydrogens (tertiary/aromatic N) is 2. The summed E-state index contributed by atoms with van der Waals surface area (Å²) in [4.78, 5) is 10.2. The smallest absolute Gasteiger partial charge is 0.269 e. The fourth-order valence-electron chi connectivity index (χ4n) is 7.39. The second-order valence-electron chi connectivity index (χ2n) is 16.5. The van der Waals surface area contributed by atoms with E-state index in [1.807, 2.05) is 48.7 Å². The molecule has 3 aromatic heterocycles. The molecule has 5 aromatic carbocycles. The zero-order chi connectivity index (χ0) is 38.3. The van der Waals surface area contributed by atoms with Crippen molar-refractivity contribution in [3.63, 3.8) is 0 Å². The third kappa shape index (κ3) is 7.35. The third-order valence-electron chi connectivity index (χ3n) is 10.5. The van der Waals surface area contributed by atoms with Crippen molar-refractivity contribution in [2.24, 2.45) is 0 Å². The Bertz CT molecular complexity index is 2600. The number of phenols is 1. The van der Waals surface area contributed by atoms with Gasteiger partial charge in [0, 0.05) is 22.7 Å². The summed E-state index contributed by atoms with van der Waals surface area (Å²) in [5.74, 6) is 0.196. The molecule has 0 aliphatic heterocycles. The van der Waals surface area contributed by atoms with Crippen molar-refractivity contribution >= 4 is 34.2 Å². The number of phenolic OH excluding ortho intramolecular Hbond substituents is 1. The van der Waals surface area contributed by atoms with Crippen LogP contribution in [0.25, 0.3) is 55.7 Å². The van der Waals surface area contributed by atoms with Crippen molar-refractivity contribution in [2.75, 3.05) is 0 Å². The molecule has 0 saturated carbocycles. The molecule has 8 rings (SSSR count). The van der Waals surface area contributed by atoms with Crippen LogP contribution >= 0.6 is 0 Å². The lowest BCUT2D eigenvalue weighted by molar-refractivity contribution is 0.477. The number of hydrogen-bond acceptors (Lipinski definition) is 4. The standard InChI is InChI=1S/C50H45BN2O2/c1-49(2,3)39-26-37(27-40(32-39)50(4,5)6)38-30-44(53-45(31-38)42-19-10-11-20-46(42)54)34-17-14-18-41(28-34)51(47-21-12-13-23-52-47)43-29-36(33-15-8-7-9-16-33)25-35-22-24-55-48(35)43/h7-32,54H,1-6H3. The number of pyridine rings is 2. The van der Waals surface area contributed by atoms with Crippen LogP contribution in [0.5, 0.6) is 5.75 Å². The summed E-state index contributed by atoms with van der Waals surface area (Å²) < 4.78 is 6.22. The van der Waals surface area contributed by atoms with Gasteiger partial charge in [-0.2, -0.15) is 0 Å². The molecular weight excluding hydrogens is 671 g/mol. The molecule has 0 aliphatic carbocycles. The Balaban J connectivity index is 1.34. The van der Waals surface area contributed by atoms with Crippen molar-refractivity contribution in [1.82, 2.24) is 9.97 Å². The van der Waals surface area contributed by atoms with E-state index in [0.29, 0.717) is 11.3 Å². The van der Waals surface area contributed by atoms with Gasteiger partial charge in [-0.1, -0.05) is 144 Å². The highest BCUT2D eigenvalue weighted by molar-refractivity contribution is 6.96. The van der Waals surface area contributed by atoms with Crippen molar-refractivity contribution in [3.05, 3.63) is 169 Å². The van der Waals surface area contributed by atoms with Crippen molar-refractivity contribution < 1.29 is 9.52 Å². The summed E-state index contributed by atoms with van der Waals surface area (Å²) in [6.07, 6.45) is 3.62. The number of fused-ring (bicyclic) bond motifs is 1. The molecule has 0 atom stereocenters. The maximum atomic E-state index is 11.1. The van der Waals surface area contributed by atoms with E-state index in [2.05, 4.69) is 139 Å². The monoisotopic (exact) mass is 716 g/mol. The van der Waals surface area contributed by atoms with Crippen molar-refractivity contribution in [3.8, 4) is 50.5 Å². The number of aromatic nitrogens is 2. The van der Waals surface area contributed by atoms with E-state index in [1.54, 1.807) is 12.3 Å². The predicted molar refractivity (Wildman–Crippen MR) is 230 cm³/mol. The molecule has 0 spiro atoms. The average Bonchev–Trinajstić information content (AvgIpc) is 3.67. The second-order valence-corrected chi connectivity index (χ2v) is 16.5. The Morgan fingerprint density at radius 2 is 1.20 bits per heavy atom. The summed E-state index contributed by atoms with van der Waals surface area (Å²) in [5, 5.41) is 12.1. The minimum atomic E-state index is -0.225. The normalized spacial score (nSPS) is 11.9. The van der Waals surface area contributed by atoms with Gasteiger partial charge in [0.25, 0.3) is 6.71 Å². The van der Waals surface area contributed by atoms with Crippen LogP contribution < -0.4 is 16.5 Å². The van der Waals surface area contributed by atoms with Crippen molar-refractivity contribution in [1.29, 1.82) is 0 Å². The highest BCUT2D eigenvalue weighted by Gasteiger charge is 2.28. The van der Waals surface area contributed by atoms with Gasteiger partial charge in [0.15, 0.2) is 0 Å². The van der Waals surface area contributed by atoms with Crippen LogP contribution in [0.15, 0.2) is 162 Å². The van der Waals surface area contributed by atoms with Crippen LogP contribution in [0.2, 0.25) is 0 Å². The first-order chi connectivity index (χ1) is 26.4. The van der Waals surface area contributed by atoms with Gasteiger partial charge in [-0.3, -0.25) is 4.98 Å². The van der Waals surface area contributed by atoms with Crippen LogP contribution in [-0.2, 0) is 10.8 Å². The zero-order valence-electron chi connectivity index (χ0n) is 32.3. The van der Waals surface area contributed by atoms with Gasteiger partial charge >= 0.3 is 0 Å². The quantitative estimate of drug-likeness (QED) is 0.167. The first kappa shape index (κ1) is 35.8. The summed E-state index contributed by atoms with van der Waals surface area (Å²) >= 11 is 0. The molecule has 0 aliphatic rings. The molecule has 0 saturated heterocycles. The maximum absolute atomic E-state index is 11.1. The molecule has 4 nitrogen and oxygen atoms in total. The highest BCUT2D eigenvalue weighted by Crippen LogP contribution is 2.38. The molecule has 0 radical (unpaired) electrons. The topological polar surface area (TPSA) is 59.2 Å². The second kappa shape index (κ2) is 14.2. The van der Waals surface area contributed by atoms with E-state index < -0.39 is 0 Å². The number of aromatic hydroxyl groups is 1. The van der Waals surface area contributed by atoms with Gasteiger partial charge in [0.1, 0.15) is 11.3 Å². The van der Waals surface area contributed by atoms with E-state index in [-0.39, 0.29) is 23.3 Å². The molecule has 0 amide bonds. The van der Waals surface area contributed by atoms with Gasteiger partial charge in [-0.15, -0.1) is 0 Å². The van der Waals surface area contributed by atoms with Crippen LogP contribution in [0.3, 0.4) is 0 Å². The minimum Gasteiger partial charge on any atom is -0.507 e. The molecule has 55 heavy (non-hydrogen) atoms. The van der Waals surface area contributed by atoms with E-state index in [4.69, 9.17) is 14.4 Å². The zero-order valence-corrected chi connectivity index (χ0v) is 32.3. The molecular formula is C50H45BN2O2. The van der Waals surface area contributed by atoms with Gasteiger partial charge in [-0.05, 0) is 104 Å². The summed E-state index contributed by atoms with van der Waals surface area (Å²) in [7, 11) is 0. The molecule has 8 aromatic rings. The Kier molecular flexibility index (Phi) is 9.26. The maximum Gasteiger partial charge on any atom is 0.269 e. The van der Waals surface area contributed by atoms with Crippen LogP contribution in [0.1, 0.15) is 52.7 Å². The molecule has 1 N–H and O–H groups in total. The Morgan fingerprint density at radius 3 is 1.91 bits per heavy atom. The number of benzene rings is 5. The van der Waals surface area contributed by atoms with E-state index in [1.165, 1.54) is 11.1 Å². The average molecular weight is 717 g/mol. The van der Waals surface area contributed by atoms with Gasteiger partial charge in [-0.25, -0.2) is 4.98 Å². The van der Waals surface area contributed by atoms with E-state index >= 15 is 0 Å². The fourth-order valence-corrected chi connectivity index (χ4v) is 7.39. The van der Waals surface area contributed by atoms with Gasteiger partial charge in [0.2, 0.25) is 0 Å². The highest BCUT2D eigenvalue weighted by atomic mass is 16.3. The lowest BCUT2D eigenvalue weighted by Crippen LogP contribution is -2.53. The van der Waals surface area contributed by atoms with Gasteiger partial charge in [0.05, 0.1) is 17.7 Å². The minimum absolute atomic E-state index is 0.0432. The van der Waals surface area contributed by atoms with Crippen LogP contribution in [0.4, 0.5) is 0 Å². The summed E-state index contributed by atoms with van der Waals surface area (Å²) in [6, 6.07) is 50.4. The van der Waals surface area contributed by atoms with E-state index in [0.717, 1.165) is 61.0 Å². The number of furan rings is 1. The molecule has 0 bridgehead atoms. The first-order valence-corrected chi connectivity index (χ1v) is 19.0. The molecule has 270 valence electrons. The van der Waals surface area contributed by atoms with Crippen LogP contribution in [0, 0.1) is 0 Å². The number of hydrogen-bond donors (Lipinski definition) is 1. The lowest BCUT2D eigenvalue weighted by atomic mass is 9.38. The molecule has 0 fully saturated rings. The Labute approximate surface area is 324 Å². The molecule has 3 heterocycles. The van der Waals surface area contributed by atoms with Crippen LogP contribution in [-0.4, -0.2) is 21.8 Å². The lowest BCUT2D eigenvalue weighted by Gasteiger charge is -2.26. The third-order valence-corrected chi connectivity index (χ3v) is 10.5. The summed E-state index contributed by atoms with van der Waals surface area (Å²) in [6.45, 7) is 13.4. The summed E-state index contributed by atoms with van der Waals surface area (Å²) in [5.41, 5.74) is 14.0.